The molecule has 3 aliphatic rings. The molecule has 2 fully saturated rings. The Morgan fingerprint density at radius 3 is 2.73 bits per heavy atom. The normalized spacial score (nSPS) is 25.7. The SMILES string of the molecule is Cc1nc(N)cc(-c2nc3c4c(nc(C)c(C)c4c2F)N2C[C@H]4CC[C@H](N4)[C@H]2[C@H](C)O3)c1Cl. The smallest absolute Gasteiger partial charge is 0.226 e. The summed E-state index contributed by atoms with van der Waals surface area (Å²) in [5, 5.41) is 5.15. The molecule has 6 rings (SSSR count). The van der Waals surface area contributed by atoms with E-state index >= 15 is 4.39 Å². The predicted octanol–water partition coefficient (Wildman–Crippen LogP) is 4.08. The van der Waals surface area contributed by atoms with E-state index < -0.39 is 5.82 Å². The van der Waals surface area contributed by atoms with Crippen LogP contribution in [0.5, 0.6) is 5.88 Å². The molecule has 2 saturated heterocycles. The standard InChI is InChI=1S/C24H26ClFN6O/c1-9-10(2)29-23-18-17(9)20(26)21(14-7-16(27)28-11(3)19(14)25)31-24(18)33-12(4)22-15-6-5-13(30-15)8-32(22)23/h7,12-13,15,22,30H,5-6,8H2,1-4H3,(H2,27,28)/t12-,13+,15-,22+/m0/s1. The molecule has 0 aliphatic carbocycles. The fourth-order valence-electron chi connectivity index (χ4n) is 5.80. The van der Waals surface area contributed by atoms with Crippen molar-refractivity contribution in [2.24, 2.45) is 0 Å². The highest BCUT2D eigenvalue weighted by atomic mass is 35.5. The van der Waals surface area contributed by atoms with Gasteiger partial charge in [-0.2, -0.15) is 0 Å². The number of aryl methyl sites for hydroxylation is 3. The molecule has 2 bridgehead atoms. The van der Waals surface area contributed by atoms with E-state index in [1.165, 1.54) is 0 Å². The first-order valence-electron chi connectivity index (χ1n) is 11.4. The first kappa shape index (κ1) is 20.9. The van der Waals surface area contributed by atoms with Gasteiger partial charge < -0.3 is 20.7 Å². The van der Waals surface area contributed by atoms with Crippen LogP contribution in [0.3, 0.4) is 0 Å². The first-order valence-corrected chi connectivity index (χ1v) is 11.7. The largest absolute Gasteiger partial charge is 0.472 e. The van der Waals surface area contributed by atoms with Gasteiger partial charge in [-0.25, -0.2) is 19.3 Å². The first-order chi connectivity index (χ1) is 15.7. The van der Waals surface area contributed by atoms with E-state index in [4.69, 9.17) is 32.0 Å². The van der Waals surface area contributed by atoms with Crippen molar-refractivity contribution in [2.45, 2.75) is 64.8 Å². The number of hydrogen-bond donors (Lipinski definition) is 2. The van der Waals surface area contributed by atoms with Crippen LogP contribution in [0.1, 0.15) is 36.7 Å². The molecule has 0 amide bonds. The van der Waals surface area contributed by atoms with Gasteiger partial charge in [0, 0.05) is 35.3 Å². The lowest BCUT2D eigenvalue weighted by Crippen LogP contribution is -2.62. The second-order valence-corrected chi connectivity index (χ2v) is 9.86. The lowest BCUT2D eigenvalue weighted by atomic mass is 9.98. The Morgan fingerprint density at radius 2 is 1.94 bits per heavy atom. The topological polar surface area (TPSA) is 89.2 Å². The zero-order valence-electron chi connectivity index (χ0n) is 19.0. The van der Waals surface area contributed by atoms with Crippen LogP contribution < -0.4 is 20.7 Å². The summed E-state index contributed by atoms with van der Waals surface area (Å²) in [7, 11) is 0. The van der Waals surface area contributed by atoms with Gasteiger partial charge >= 0.3 is 0 Å². The number of rotatable bonds is 1. The summed E-state index contributed by atoms with van der Waals surface area (Å²) < 4.78 is 22.8. The summed E-state index contributed by atoms with van der Waals surface area (Å²) in [5.74, 6) is 0.952. The molecule has 7 nitrogen and oxygen atoms in total. The van der Waals surface area contributed by atoms with Crippen LogP contribution in [-0.4, -0.2) is 45.7 Å². The van der Waals surface area contributed by atoms with Crippen LogP contribution in [0, 0.1) is 26.6 Å². The number of nitrogens with zero attached hydrogens (tertiary/aromatic N) is 4. The number of anilines is 2. The number of fused-ring (bicyclic) bond motifs is 5. The van der Waals surface area contributed by atoms with E-state index in [-0.39, 0.29) is 23.7 Å². The molecular weight excluding hydrogens is 443 g/mol. The van der Waals surface area contributed by atoms with Gasteiger partial charge in [0.05, 0.1) is 22.1 Å². The number of halogens is 2. The Kier molecular flexibility index (Phi) is 4.52. The second-order valence-electron chi connectivity index (χ2n) is 9.48. The van der Waals surface area contributed by atoms with Crippen molar-refractivity contribution in [1.29, 1.82) is 0 Å². The van der Waals surface area contributed by atoms with Gasteiger partial charge in [0.2, 0.25) is 5.88 Å². The second kappa shape index (κ2) is 7.14. The average molecular weight is 469 g/mol. The van der Waals surface area contributed by atoms with E-state index in [1.807, 2.05) is 13.8 Å². The molecule has 3 aliphatic heterocycles. The van der Waals surface area contributed by atoms with Gasteiger partial charge in [-0.05, 0) is 52.2 Å². The Morgan fingerprint density at radius 1 is 1.15 bits per heavy atom. The van der Waals surface area contributed by atoms with E-state index in [1.54, 1.807) is 13.0 Å². The molecule has 0 aromatic carbocycles. The Labute approximate surface area is 196 Å². The summed E-state index contributed by atoms with van der Waals surface area (Å²) in [6.07, 6.45) is 2.05. The molecule has 172 valence electrons. The van der Waals surface area contributed by atoms with Crippen molar-refractivity contribution >= 4 is 34.0 Å². The highest BCUT2D eigenvalue weighted by Crippen LogP contribution is 2.46. The average Bonchev–Trinajstić information content (AvgIpc) is 3.09. The molecule has 33 heavy (non-hydrogen) atoms. The summed E-state index contributed by atoms with van der Waals surface area (Å²) in [5.41, 5.74) is 8.57. The van der Waals surface area contributed by atoms with Crippen molar-refractivity contribution in [3.8, 4) is 17.1 Å². The van der Waals surface area contributed by atoms with Gasteiger partial charge in [-0.1, -0.05) is 11.6 Å². The summed E-state index contributed by atoms with van der Waals surface area (Å²) in [4.78, 5) is 16.2. The van der Waals surface area contributed by atoms with Gasteiger partial charge in [0.1, 0.15) is 23.4 Å². The van der Waals surface area contributed by atoms with E-state index in [9.17, 15) is 0 Å². The van der Waals surface area contributed by atoms with E-state index in [2.05, 4.69) is 22.1 Å². The lowest BCUT2D eigenvalue weighted by molar-refractivity contribution is 0.155. The van der Waals surface area contributed by atoms with Gasteiger partial charge in [-0.15, -0.1) is 0 Å². The molecular formula is C24H26ClFN6O. The third kappa shape index (κ3) is 2.93. The maximum atomic E-state index is 16.3. The zero-order valence-corrected chi connectivity index (χ0v) is 19.8. The third-order valence-corrected chi connectivity index (χ3v) is 7.91. The number of ether oxygens (including phenoxy) is 1. The molecule has 9 heteroatoms. The Balaban J connectivity index is 1.68. The number of pyridine rings is 3. The number of nitrogen functional groups attached to an aromatic ring is 1. The minimum Gasteiger partial charge on any atom is -0.472 e. The molecule has 0 radical (unpaired) electrons. The van der Waals surface area contributed by atoms with Crippen molar-refractivity contribution in [1.82, 2.24) is 20.3 Å². The lowest BCUT2D eigenvalue weighted by Gasteiger charge is -2.43. The van der Waals surface area contributed by atoms with Crippen LogP contribution in [0.15, 0.2) is 6.07 Å². The highest BCUT2D eigenvalue weighted by Gasteiger charge is 2.46. The van der Waals surface area contributed by atoms with Gasteiger partial charge in [0.25, 0.3) is 0 Å². The molecule has 3 N–H and O–H groups in total. The van der Waals surface area contributed by atoms with Crippen molar-refractivity contribution in [3.63, 3.8) is 0 Å². The van der Waals surface area contributed by atoms with E-state index in [0.29, 0.717) is 45.0 Å². The fourth-order valence-corrected chi connectivity index (χ4v) is 5.99. The molecule has 0 spiro atoms. The highest BCUT2D eigenvalue weighted by molar-refractivity contribution is 6.34. The molecule has 0 saturated carbocycles. The van der Waals surface area contributed by atoms with Crippen molar-refractivity contribution < 1.29 is 9.13 Å². The van der Waals surface area contributed by atoms with Crippen LogP contribution in [0.25, 0.3) is 22.0 Å². The van der Waals surface area contributed by atoms with Crippen LogP contribution in [0.4, 0.5) is 16.0 Å². The summed E-state index contributed by atoms with van der Waals surface area (Å²) >= 11 is 6.54. The maximum Gasteiger partial charge on any atom is 0.226 e. The number of hydrogen-bond acceptors (Lipinski definition) is 7. The van der Waals surface area contributed by atoms with Crippen LogP contribution in [0.2, 0.25) is 5.02 Å². The molecule has 0 unspecified atom stereocenters. The van der Waals surface area contributed by atoms with Crippen molar-refractivity contribution in [3.05, 3.63) is 33.9 Å². The fraction of sp³-hybridized carbons (Fsp3) is 0.458. The quantitative estimate of drug-likeness (QED) is 0.556. The zero-order chi connectivity index (χ0) is 23.2. The summed E-state index contributed by atoms with van der Waals surface area (Å²) in [6.45, 7) is 8.42. The predicted molar refractivity (Wildman–Crippen MR) is 128 cm³/mol. The van der Waals surface area contributed by atoms with Crippen LogP contribution in [-0.2, 0) is 0 Å². The Hall–Kier alpha value is -2.71. The molecule has 3 aromatic heterocycles. The number of nitrogens with two attached hydrogens (primary N) is 1. The maximum absolute atomic E-state index is 16.3. The Bertz CT molecular complexity index is 1330. The summed E-state index contributed by atoms with van der Waals surface area (Å²) in [6, 6.07) is 2.35. The van der Waals surface area contributed by atoms with Crippen molar-refractivity contribution in [2.75, 3.05) is 17.2 Å². The van der Waals surface area contributed by atoms with Gasteiger partial charge in [0.15, 0.2) is 5.82 Å². The third-order valence-electron chi connectivity index (χ3n) is 7.43. The van der Waals surface area contributed by atoms with Gasteiger partial charge in [-0.3, -0.25) is 0 Å². The molecule has 6 heterocycles. The number of nitrogens with one attached hydrogen (secondary N) is 1. The monoisotopic (exact) mass is 468 g/mol. The number of aromatic nitrogens is 3. The minimum atomic E-state index is -0.447. The molecule has 4 atom stereocenters. The molecule has 3 aromatic rings. The van der Waals surface area contributed by atoms with Crippen LogP contribution >= 0.6 is 11.6 Å². The van der Waals surface area contributed by atoms with E-state index in [0.717, 1.165) is 36.5 Å². The minimum absolute atomic E-state index is 0.0877. The number of piperazine rings is 1.